The number of rotatable bonds is 3. The summed E-state index contributed by atoms with van der Waals surface area (Å²) in [6, 6.07) is 7.21. The number of aryl methyl sites for hydroxylation is 3. The van der Waals surface area contributed by atoms with Gasteiger partial charge in [0.25, 0.3) is 0 Å². The van der Waals surface area contributed by atoms with Crippen molar-refractivity contribution in [1.82, 2.24) is 0 Å². The predicted octanol–water partition coefficient (Wildman–Crippen LogP) is 5.03. The van der Waals surface area contributed by atoms with Crippen molar-refractivity contribution < 1.29 is 4.57 Å². The number of hydrogen-bond donors (Lipinski definition) is 0. The fraction of sp³-hybridized carbons (Fsp3) is 0.522. The van der Waals surface area contributed by atoms with Crippen LogP contribution in [-0.4, -0.2) is 8.07 Å². The van der Waals surface area contributed by atoms with E-state index >= 15 is 0 Å². The maximum atomic E-state index is 2.51. The van der Waals surface area contributed by atoms with Gasteiger partial charge in [-0.2, -0.15) is 0 Å². The summed E-state index contributed by atoms with van der Waals surface area (Å²) >= 11 is 0. The Hall–Kier alpha value is -1.41. The molecule has 25 heavy (non-hydrogen) atoms. The van der Waals surface area contributed by atoms with Gasteiger partial charge in [0.05, 0.1) is 13.6 Å². The van der Waals surface area contributed by atoms with E-state index in [-0.39, 0.29) is 0 Å². The Balaban J connectivity index is 2.27. The number of pyridine rings is 1. The molecule has 0 aliphatic heterocycles. The average molecular weight is 353 g/mol. The van der Waals surface area contributed by atoms with Gasteiger partial charge in [0.2, 0.25) is 5.69 Å². The Bertz CT molecular complexity index is 797. The number of fused-ring (bicyclic) bond motifs is 1. The summed E-state index contributed by atoms with van der Waals surface area (Å²) in [5.74, 6) is 0.571. The van der Waals surface area contributed by atoms with Gasteiger partial charge >= 0.3 is 0 Å². The van der Waals surface area contributed by atoms with Crippen LogP contribution in [0, 0.1) is 6.92 Å². The van der Waals surface area contributed by atoms with Gasteiger partial charge in [-0.3, -0.25) is 0 Å². The monoisotopic (exact) mass is 352 g/mol. The SMILES string of the molecule is Cc1ccc2c(c1-c1cc(C(C)C)c([Si](C)(C)C)c[n+]1C)CCCC2. The first kappa shape index (κ1) is 18.4. The molecule has 0 amide bonds. The molecule has 0 saturated heterocycles. The number of nitrogens with zero attached hydrogens (tertiary/aromatic N) is 1. The van der Waals surface area contributed by atoms with Crippen molar-refractivity contribution in [2.24, 2.45) is 7.05 Å². The van der Waals surface area contributed by atoms with Gasteiger partial charge in [0.1, 0.15) is 7.05 Å². The molecule has 2 aromatic rings. The lowest BCUT2D eigenvalue weighted by molar-refractivity contribution is -0.659. The lowest BCUT2D eigenvalue weighted by Gasteiger charge is -2.24. The third kappa shape index (κ3) is 3.46. The maximum Gasteiger partial charge on any atom is 0.213 e. The third-order valence-corrected chi connectivity index (χ3v) is 7.77. The maximum absolute atomic E-state index is 2.51. The fourth-order valence-corrected chi connectivity index (χ4v) is 6.13. The van der Waals surface area contributed by atoms with Crippen LogP contribution in [0.1, 0.15) is 54.9 Å². The minimum atomic E-state index is -1.36. The topological polar surface area (TPSA) is 3.88 Å². The average Bonchev–Trinajstić information content (AvgIpc) is 2.54. The first-order valence-corrected chi connectivity index (χ1v) is 13.4. The molecule has 1 aromatic heterocycles. The molecule has 0 N–H and O–H groups in total. The van der Waals surface area contributed by atoms with Crippen LogP contribution >= 0.6 is 0 Å². The largest absolute Gasteiger partial charge is 0.213 e. The first-order valence-electron chi connectivity index (χ1n) is 9.86. The summed E-state index contributed by atoms with van der Waals surface area (Å²) in [5, 5.41) is 1.61. The zero-order valence-electron chi connectivity index (χ0n) is 17.2. The van der Waals surface area contributed by atoms with E-state index in [9.17, 15) is 0 Å². The predicted molar refractivity (Wildman–Crippen MR) is 112 cm³/mol. The highest BCUT2D eigenvalue weighted by Gasteiger charge is 2.29. The standard InChI is InChI=1S/C23H34NSi/c1-16(2)20-14-21(24(4)15-22(20)25(5,6)7)23-17(3)12-13-18-10-8-9-11-19(18)23/h12-16H,8-11H2,1-7H3/q+1. The quantitative estimate of drug-likeness (QED) is 0.538. The van der Waals surface area contributed by atoms with Gasteiger partial charge < -0.3 is 0 Å². The second kappa shape index (κ2) is 6.72. The van der Waals surface area contributed by atoms with Crippen molar-refractivity contribution in [2.75, 3.05) is 0 Å². The van der Waals surface area contributed by atoms with Crippen LogP contribution in [0.2, 0.25) is 19.6 Å². The molecule has 134 valence electrons. The van der Waals surface area contributed by atoms with Crippen molar-refractivity contribution in [1.29, 1.82) is 0 Å². The molecule has 0 bridgehead atoms. The summed E-state index contributed by atoms with van der Waals surface area (Å²) in [7, 11) is 0.882. The Kier molecular flexibility index (Phi) is 4.94. The summed E-state index contributed by atoms with van der Waals surface area (Å²) in [6.45, 7) is 14.4. The highest BCUT2D eigenvalue weighted by molar-refractivity contribution is 6.89. The second-order valence-electron chi connectivity index (χ2n) is 9.15. The number of hydrogen-bond acceptors (Lipinski definition) is 0. The summed E-state index contributed by atoms with van der Waals surface area (Å²) in [6.07, 6.45) is 7.60. The molecule has 1 aliphatic rings. The lowest BCUT2D eigenvalue weighted by Crippen LogP contribution is -2.47. The molecular formula is C23H34NSi+. The van der Waals surface area contributed by atoms with Crippen LogP contribution in [0.15, 0.2) is 24.4 Å². The molecule has 0 atom stereocenters. The van der Waals surface area contributed by atoms with Crippen molar-refractivity contribution in [3.05, 3.63) is 46.6 Å². The molecule has 0 fully saturated rings. The molecule has 1 heterocycles. The van der Waals surface area contributed by atoms with Crippen LogP contribution in [-0.2, 0) is 19.9 Å². The fourth-order valence-electron chi connectivity index (χ4n) is 4.32. The van der Waals surface area contributed by atoms with E-state index in [1.807, 2.05) is 0 Å². The van der Waals surface area contributed by atoms with E-state index < -0.39 is 8.07 Å². The summed E-state index contributed by atoms with van der Waals surface area (Å²) in [4.78, 5) is 0. The lowest BCUT2D eigenvalue weighted by atomic mass is 9.84. The third-order valence-electron chi connectivity index (χ3n) is 5.73. The van der Waals surface area contributed by atoms with Crippen LogP contribution in [0.3, 0.4) is 0 Å². The van der Waals surface area contributed by atoms with E-state index in [1.165, 1.54) is 42.5 Å². The van der Waals surface area contributed by atoms with Crippen LogP contribution in [0.25, 0.3) is 11.3 Å². The molecule has 0 saturated carbocycles. The smallest absolute Gasteiger partial charge is 0.201 e. The summed E-state index contributed by atoms with van der Waals surface area (Å²) in [5.41, 5.74) is 9.07. The Morgan fingerprint density at radius 3 is 2.36 bits per heavy atom. The van der Waals surface area contributed by atoms with E-state index in [2.05, 4.69) is 76.4 Å². The van der Waals surface area contributed by atoms with Gasteiger partial charge in [-0.15, -0.1) is 0 Å². The normalized spacial score (nSPS) is 14.7. The highest BCUT2D eigenvalue weighted by Crippen LogP contribution is 2.33. The van der Waals surface area contributed by atoms with Crippen LogP contribution in [0.5, 0.6) is 0 Å². The second-order valence-corrected chi connectivity index (χ2v) is 14.2. The molecular weight excluding hydrogens is 318 g/mol. The highest BCUT2D eigenvalue weighted by atomic mass is 28.3. The molecule has 0 radical (unpaired) electrons. The zero-order chi connectivity index (χ0) is 18.4. The number of aromatic nitrogens is 1. The molecule has 1 aromatic carbocycles. The van der Waals surface area contributed by atoms with E-state index in [4.69, 9.17) is 0 Å². The van der Waals surface area contributed by atoms with Gasteiger partial charge in [-0.1, -0.05) is 45.6 Å². The van der Waals surface area contributed by atoms with Gasteiger partial charge in [0, 0.05) is 11.3 Å². The van der Waals surface area contributed by atoms with Gasteiger partial charge in [-0.05, 0) is 60.8 Å². The summed E-state index contributed by atoms with van der Waals surface area (Å²) < 4.78 is 2.40. The van der Waals surface area contributed by atoms with Crippen molar-refractivity contribution in [3.8, 4) is 11.3 Å². The van der Waals surface area contributed by atoms with Gasteiger partial charge in [-0.25, -0.2) is 4.57 Å². The van der Waals surface area contributed by atoms with E-state index in [0.29, 0.717) is 5.92 Å². The van der Waals surface area contributed by atoms with Crippen molar-refractivity contribution >= 4 is 13.3 Å². The van der Waals surface area contributed by atoms with Crippen LogP contribution < -0.4 is 9.75 Å². The van der Waals surface area contributed by atoms with E-state index in [0.717, 1.165) is 0 Å². The Labute approximate surface area is 155 Å². The Morgan fingerprint density at radius 1 is 1.04 bits per heavy atom. The minimum Gasteiger partial charge on any atom is -0.201 e. The molecule has 0 spiro atoms. The molecule has 0 unspecified atom stereocenters. The zero-order valence-corrected chi connectivity index (χ0v) is 18.2. The number of benzene rings is 1. The first-order chi connectivity index (χ1) is 11.7. The van der Waals surface area contributed by atoms with Crippen molar-refractivity contribution in [2.45, 2.75) is 72.0 Å². The molecule has 1 aliphatic carbocycles. The minimum absolute atomic E-state index is 0.571. The van der Waals surface area contributed by atoms with Crippen LogP contribution in [0.4, 0.5) is 0 Å². The Morgan fingerprint density at radius 2 is 1.72 bits per heavy atom. The molecule has 2 heteroatoms. The van der Waals surface area contributed by atoms with Crippen molar-refractivity contribution in [3.63, 3.8) is 0 Å². The molecule has 3 rings (SSSR count). The van der Waals surface area contributed by atoms with Gasteiger partial charge in [0.15, 0.2) is 6.20 Å². The van der Waals surface area contributed by atoms with E-state index in [1.54, 1.807) is 21.9 Å². The molecule has 1 nitrogen and oxygen atoms in total.